The van der Waals surface area contributed by atoms with Gasteiger partial charge in [0, 0.05) is 13.0 Å². The van der Waals surface area contributed by atoms with Crippen LogP contribution in [0.2, 0.25) is 0 Å². The molecular weight excluding hydrogens is 306 g/mol. The normalized spacial score (nSPS) is 22.5. The van der Waals surface area contributed by atoms with E-state index in [0.29, 0.717) is 12.3 Å². The molecule has 0 saturated carbocycles. The van der Waals surface area contributed by atoms with Gasteiger partial charge in [0.2, 0.25) is 5.91 Å². The summed E-state index contributed by atoms with van der Waals surface area (Å²) < 4.78 is 6.41. The number of hydrogen-bond donors (Lipinski definition) is 0. The highest BCUT2D eigenvalue weighted by atomic mass is 79.9. The van der Waals surface area contributed by atoms with Gasteiger partial charge in [-0.25, -0.2) is 0 Å². The van der Waals surface area contributed by atoms with E-state index < -0.39 is 0 Å². The fourth-order valence-corrected chi connectivity index (χ4v) is 3.81. The second-order valence-electron chi connectivity index (χ2n) is 5.28. The van der Waals surface area contributed by atoms with Crippen molar-refractivity contribution in [3.63, 3.8) is 0 Å². The van der Waals surface area contributed by atoms with E-state index >= 15 is 0 Å². The Morgan fingerprint density at radius 1 is 1.32 bits per heavy atom. The van der Waals surface area contributed by atoms with E-state index in [1.807, 2.05) is 0 Å². The summed E-state index contributed by atoms with van der Waals surface area (Å²) in [6.07, 6.45) is 4.78. The van der Waals surface area contributed by atoms with Crippen LogP contribution in [0.15, 0.2) is 16.6 Å². The van der Waals surface area contributed by atoms with Gasteiger partial charge in [0.05, 0.1) is 17.6 Å². The maximum atomic E-state index is 12.2. The van der Waals surface area contributed by atoms with Crippen molar-refractivity contribution in [2.75, 3.05) is 13.7 Å². The van der Waals surface area contributed by atoms with Gasteiger partial charge in [-0.3, -0.25) is 4.79 Å². The zero-order chi connectivity index (χ0) is 13.4. The summed E-state index contributed by atoms with van der Waals surface area (Å²) in [6, 6.07) is 4.53. The SMILES string of the molecule is COc1cc2c(cc1Br)CCCC(=O)N1CCCC21. The Morgan fingerprint density at radius 2 is 2.16 bits per heavy atom. The number of fused-ring (bicyclic) bond motifs is 3. The van der Waals surface area contributed by atoms with Crippen molar-refractivity contribution in [3.05, 3.63) is 27.7 Å². The summed E-state index contributed by atoms with van der Waals surface area (Å²) in [4.78, 5) is 14.2. The van der Waals surface area contributed by atoms with Crippen molar-refractivity contribution in [2.24, 2.45) is 0 Å². The Balaban J connectivity index is 2.09. The van der Waals surface area contributed by atoms with Crippen molar-refractivity contribution in [1.29, 1.82) is 0 Å². The number of nitrogens with zero attached hydrogens (tertiary/aromatic N) is 1. The van der Waals surface area contributed by atoms with Crippen LogP contribution in [-0.2, 0) is 11.2 Å². The molecule has 1 fully saturated rings. The van der Waals surface area contributed by atoms with Gasteiger partial charge in [-0.05, 0) is 64.9 Å². The molecule has 1 atom stereocenters. The van der Waals surface area contributed by atoms with Crippen molar-refractivity contribution < 1.29 is 9.53 Å². The summed E-state index contributed by atoms with van der Waals surface area (Å²) >= 11 is 3.56. The fourth-order valence-electron chi connectivity index (χ4n) is 3.26. The van der Waals surface area contributed by atoms with E-state index in [1.165, 1.54) is 11.1 Å². The number of halogens is 1. The van der Waals surface area contributed by atoms with E-state index in [-0.39, 0.29) is 6.04 Å². The Labute approximate surface area is 122 Å². The molecule has 0 aromatic heterocycles. The van der Waals surface area contributed by atoms with E-state index in [1.54, 1.807) is 7.11 Å². The number of amides is 1. The van der Waals surface area contributed by atoms with Crippen molar-refractivity contribution in [2.45, 2.75) is 38.1 Å². The second kappa shape index (κ2) is 5.16. The second-order valence-corrected chi connectivity index (χ2v) is 6.14. The van der Waals surface area contributed by atoms with Gasteiger partial charge in [-0.15, -0.1) is 0 Å². The fraction of sp³-hybridized carbons (Fsp3) is 0.533. The maximum Gasteiger partial charge on any atom is 0.223 e. The first-order valence-corrected chi connectivity index (χ1v) is 7.66. The highest BCUT2D eigenvalue weighted by Gasteiger charge is 2.33. The molecule has 1 unspecified atom stereocenters. The summed E-state index contributed by atoms with van der Waals surface area (Å²) in [7, 11) is 1.69. The molecule has 2 heterocycles. The molecule has 2 aliphatic rings. The zero-order valence-corrected chi connectivity index (χ0v) is 12.7. The molecule has 102 valence electrons. The molecule has 2 aliphatic heterocycles. The Morgan fingerprint density at radius 3 is 2.95 bits per heavy atom. The smallest absolute Gasteiger partial charge is 0.223 e. The van der Waals surface area contributed by atoms with Gasteiger partial charge in [0.1, 0.15) is 5.75 Å². The van der Waals surface area contributed by atoms with Gasteiger partial charge >= 0.3 is 0 Å². The molecule has 1 aromatic carbocycles. The molecule has 4 heteroatoms. The number of methoxy groups -OCH3 is 1. The van der Waals surface area contributed by atoms with Crippen LogP contribution in [0, 0.1) is 0 Å². The Bertz CT molecular complexity index is 515. The van der Waals surface area contributed by atoms with Gasteiger partial charge in [-0.2, -0.15) is 0 Å². The lowest BCUT2D eigenvalue weighted by Gasteiger charge is -2.29. The monoisotopic (exact) mass is 323 g/mol. The molecule has 0 bridgehead atoms. The third-order valence-electron chi connectivity index (χ3n) is 4.18. The summed E-state index contributed by atoms with van der Waals surface area (Å²) in [5.74, 6) is 1.17. The number of hydrogen-bond acceptors (Lipinski definition) is 2. The largest absolute Gasteiger partial charge is 0.496 e. The standard InChI is InChI=1S/C15H18BrNO2/c1-19-14-9-11-10(8-12(14)16)4-2-6-15(18)17-7-3-5-13(11)17/h8-9,13H,2-7H2,1H3. The molecule has 1 aromatic rings. The quantitative estimate of drug-likeness (QED) is 0.792. The van der Waals surface area contributed by atoms with Crippen molar-refractivity contribution in [3.8, 4) is 5.75 Å². The summed E-state index contributed by atoms with van der Waals surface area (Å²) in [5.41, 5.74) is 2.64. The summed E-state index contributed by atoms with van der Waals surface area (Å²) in [6.45, 7) is 0.904. The number of carbonyl (C=O) groups is 1. The number of carbonyl (C=O) groups excluding carboxylic acids is 1. The molecule has 3 rings (SSSR count). The third kappa shape index (κ3) is 2.27. The number of ether oxygens (including phenoxy) is 1. The van der Waals surface area contributed by atoms with Gasteiger partial charge < -0.3 is 9.64 Å². The molecule has 19 heavy (non-hydrogen) atoms. The lowest BCUT2D eigenvalue weighted by molar-refractivity contribution is -0.132. The number of aryl methyl sites for hydroxylation is 1. The third-order valence-corrected chi connectivity index (χ3v) is 4.80. The van der Waals surface area contributed by atoms with Crippen LogP contribution in [-0.4, -0.2) is 24.5 Å². The average molecular weight is 324 g/mol. The predicted molar refractivity (Wildman–Crippen MR) is 77.3 cm³/mol. The number of rotatable bonds is 1. The highest BCUT2D eigenvalue weighted by molar-refractivity contribution is 9.10. The predicted octanol–water partition coefficient (Wildman–Crippen LogP) is 3.46. The lowest BCUT2D eigenvalue weighted by Crippen LogP contribution is -2.32. The Hall–Kier alpha value is -1.03. The zero-order valence-electron chi connectivity index (χ0n) is 11.1. The minimum Gasteiger partial charge on any atom is -0.496 e. The molecular formula is C15H18BrNO2. The first-order chi connectivity index (χ1) is 9.20. The van der Waals surface area contributed by atoms with Gasteiger partial charge in [-0.1, -0.05) is 0 Å². The maximum absolute atomic E-state index is 12.2. The van der Waals surface area contributed by atoms with Crippen molar-refractivity contribution in [1.82, 2.24) is 4.90 Å². The van der Waals surface area contributed by atoms with Crippen LogP contribution in [0.5, 0.6) is 5.75 Å². The van der Waals surface area contributed by atoms with Crippen LogP contribution < -0.4 is 4.74 Å². The lowest BCUT2D eigenvalue weighted by atomic mass is 9.92. The van der Waals surface area contributed by atoms with E-state index in [4.69, 9.17) is 4.74 Å². The first kappa shape index (κ1) is 13.0. The van der Waals surface area contributed by atoms with Gasteiger partial charge in [0.25, 0.3) is 0 Å². The molecule has 1 saturated heterocycles. The number of benzene rings is 1. The molecule has 1 amide bonds. The minimum absolute atomic E-state index is 0.254. The highest BCUT2D eigenvalue weighted by Crippen LogP contribution is 2.40. The topological polar surface area (TPSA) is 29.5 Å². The molecule has 0 aliphatic carbocycles. The first-order valence-electron chi connectivity index (χ1n) is 6.86. The van der Waals surface area contributed by atoms with Crippen LogP contribution in [0.1, 0.15) is 42.9 Å². The van der Waals surface area contributed by atoms with Crippen LogP contribution in [0.3, 0.4) is 0 Å². The van der Waals surface area contributed by atoms with Crippen LogP contribution >= 0.6 is 15.9 Å². The molecule has 0 N–H and O–H groups in total. The van der Waals surface area contributed by atoms with Crippen molar-refractivity contribution >= 4 is 21.8 Å². The molecule has 0 spiro atoms. The van der Waals surface area contributed by atoms with E-state index in [0.717, 1.165) is 42.5 Å². The average Bonchev–Trinajstić information content (AvgIpc) is 2.86. The van der Waals surface area contributed by atoms with Crippen LogP contribution in [0.25, 0.3) is 0 Å². The van der Waals surface area contributed by atoms with E-state index in [9.17, 15) is 4.79 Å². The minimum atomic E-state index is 0.254. The Kier molecular flexibility index (Phi) is 3.52. The summed E-state index contributed by atoms with van der Waals surface area (Å²) in [5, 5.41) is 0. The molecule has 3 nitrogen and oxygen atoms in total. The van der Waals surface area contributed by atoms with E-state index in [2.05, 4.69) is 33.0 Å². The van der Waals surface area contributed by atoms with Gasteiger partial charge in [0.15, 0.2) is 0 Å². The molecule has 0 radical (unpaired) electrons. The van der Waals surface area contributed by atoms with Crippen LogP contribution in [0.4, 0.5) is 0 Å².